The van der Waals surface area contributed by atoms with Crippen LogP contribution in [0.25, 0.3) is 0 Å². The Balaban J connectivity index is 1.73. The lowest BCUT2D eigenvalue weighted by atomic mass is 10.2. The second kappa shape index (κ2) is 6.70. The zero-order chi connectivity index (χ0) is 16.2. The van der Waals surface area contributed by atoms with Crippen molar-refractivity contribution in [3.63, 3.8) is 0 Å². The van der Waals surface area contributed by atoms with Crippen LogP contribution in [0.2, 0.25) is 0 Å². The van der Waals surface area contributed by atoms with Crippen LogP contribution in [0.4, 0.5) is 15.9 Å². The number of carbonyl (C=O) groups excluding carboxylic acids is 1. The Kier molecular flexibility index (Phi) is 4.47. The molecule has 0 atom stereocenters. The van der Waals surface area contributed by atoms with Crippen LogP contribution in [-0.2, 0) is 0 Å². The van der Waals surface area contributed by atoms with E-state index in [1.54, 1.807) is 23.1 Å². The molecule has 0 saturated carbocycles. The lowest BCUT2D eigenvalue weighted by Crippen LogP contribution is -2.47. The van der Waals surface area contributed by atoms with Crippen LogP contribution in [-0.4, -0.2) is 58.9 Å². The molecule has 1 saturated heterocycles. The van der Waals surface area contributed by atoms with E-state index in [4.69, 9.17) is 0 Å². The molecule has 2 heterocycles. The van der Waals surface area contributed by atoms with Gasteiger partial charge in [-0.3, -0.25) is 4.79 Å². The van der Waals surface area contributed by atoms with Crippen molar-refractivity contribution in [2.24, 2.45) is 0 Å². The number of aromatic nitrogens is 2. The average molecular weight is 315 g/mol. The number of hydrogen-bond donors (Lipinski definition) is 1. The Bertz CT molecular complexity index is 700. The summed E-state index contributed by atoms with van der Waals surface area (Å²) in [4.78, 5) is 24.6. The van der Waals surface area contributed by atoms with Crippen molar-refractivity contribution in [1.82, 2.24) is 19.8 Å². The highest BCUT2D eigenvalue weighted by atomic mass is 19.1. The third kappa shape index (κ3) is 3.81. The highest BCUT2D eigenvalue weighted by Crippen LogP contribution is 2.16. The predicted molar refractivity (Wildman–Crippen MR) is 85.1 cm³/mol. The van der Waals surface area contributed by atoms with E-state index in [0.717, 1.165) is 13.1 Å². The first kappa shape index (κ1) is 15.4. The number of benzene rings is 1. The van der Waals surface area contributed by atoms with Gasteiger partial charge in [-0.2, -0.15) is 0 Å². The van der Waals surface area contributed by atoms with Gasteiger partial charge >= 0.3 is 0 Å². The molecule has 7 heteroatoms. The largest absolute Gasteiger partial charge is 0.340 e. The van der Waals surface area contributed by atoms with E-state index in [-0.39, 0.29) is 11.7 Å². The fourth-order valence-corrected chi connectivity index (χ4v) is 2.43. The van der Waals surface area contributed by atoms with Gasteiger partial charge in [0.2, 0.25) is 0 Å². The van der Waals surface area contributed by atoms with Crippen LogP contribution < -0.4 is 5.32 Å². The third-order valence-electron chi connectivity index (χ3n) is 3.77. The van der Waals surface area contributed by atoms with Crippen LogP contribution in [0.1, 0.15) is 10.5 Å². The zero-order valence-electron chi connectivity index (χ0n) is 12.9. The highest BCUT2D eigenvalue weighted by molar-refractivity contribution is 5.93. The molecule has 0 unspecified atom stereocenters. The summed E-state index contributed by atoms with van der Waals surface area (Å²) in [5, 5.41) is 2.98. The minimum Gasteiger partial charge on any atom is -0.340 e. The number of nitrogens with one attached hydrogen (secondary N) is 1. The molecule has 1 aromatic carbocycles. The standard InChI is InChI=1S/C16H18FN5O/c1-21-5-7-22(8-6-21)16(23)14-10-15(19-11-18-14)20-13-4-2-3-12(17)9-13/h2-4,9-11H,5-8H2,1H3,(H,18,19,20). The average Bonchev–Trinajstić information content (AvgIpc) is 2.55. The first-order valence-corrected chi connectivity index (χ1v) is 7.44. The molecule has 6 nitrogen and oxygen atoms in total. The van der Waals surface area contributed by atoms with E-state index in [1.807, 2.05) is 7.05 Å². The number of carbonyl (C=O) groups is 1. The molecule has 2 aromatic rings. The number of piperazine rings is 1. The summed E-state index contributed by atoms with van der Waals surface area (Å²) in [5.41, 5.74) is 0.908. The summed E-state index contributed by atoms with van der Waals surface area (Å²) in [6, 6.07) is 7.66. The van der Waals surface area contributed by atoms with Gasteiger partial charge in [-0.1, -0.05) is 6.07 Å². The van der Waals surface area contributed by atoms with E-state index >= 15 is 0 Å². The topological polar surface area (TPSA) is 61.4 Å². The van der Waals surface area contributed by atoms with E-state index in [0.29, 0.717) is 30.3 Å². The number of halogens is 1. The van der Waals surface area contributed by atoms with Gasteiger partial charge in [0.15, 0.2) is 0 Å². The van der Waals surface area contributed by atoms with Crippen molar-refractivity contribution < 1.29 is 9.18 Å². The summed E-state index contributed by atoms with van der Waals surface area (Å²) in [6.07, 6.45) is 1.34. The maximum atomic E-state index is 13.2. The Morgan fingerprint density at radius 1 is 1.17 bits per heavy atom. The van der Waals surface area contributed by atoms with E-state index in [9.17, 15) is 9.18 Å². The Labute approximate surface area is 134 Å². The lowest BCUT2D eigenvalue weighted by Gasteiger charge is -2.32. The molecule has 1 amide bonds. The second-order valence-corrected chi connectivity index (χ2v) is 5.52. The number of rotatable bonds is 3. The first-order valence-electron chi connectivity index (χ1n) is 7.44. The van der Waals surface area contributed by atoms with Crippen LogP contribution in [0.3, 0.4) is 0 Å². The molecule has 1 aliphatic rings. The molecular formula is C16H18FN5O. The van der Waals surface area contributed by atoms with Crippen LogP contribution in [0.15, 0.2) is 36.7 Å². The van der Waals surface area contributed by atoms with Crippen LogP contribution in [0.5, 0.6) is 0 Å². The van der Waals surface area contributed by atoms with Crippen molar-refractivity contribution in [3.05, 3.63) is 48.2 Å². The SMILES string of the molecule is CN1CCN(C(=O)c2cc(Nc3cccc(F)c3)ncn2)CC1. The molecule has 3 rings (SSSR count). The maximum absolute atomic E-state index is 13.2. The minimum absolute atomic E-state index is 0.109. The fraction of sp³-hybridized carbons (Fsp3) is 0.312. The minimum atomic E-state index is -0.335. The maximum Gasteiger partial charge on any atom is 0.272 e. The van der Waals surface area contributed by atoms with Gasteiger partial charge in [-0.05, 0) is 25.2 Å². The normalized spacial score (nSPS) is 15.5. The molecule has 0 bridgehead atoms. The van der Waals surface area contributed by atoms with Gasteiger partial charge in [-0.25, -0.2) is 14.4 Å². The molecule has 120 valence electrons. The first-order chi connectivity index (χ1) is 11.1. The zero-order valence-corrected chi connectivity index (χ0v) is 12.9. The summed E-state index contributed by atoms with van der Waals surface area (Å²) in [5.74, 6) is 0.0173. The Morgan fingerprint density at radius 2 is 1.96 bits per heavy atom. The smallest absolute Gasteiger partial charge is 0.272 e. The molecule has 0 radical (unpaired) electrons. The molecule has 1 N–H and O–H groups in total. The van der Waals surface area contributed by atoms with Gasteiger partial charge in [-0.15, -0.1) is 0 Å². The summed E-state index contributed by atoms with van der Waals surface area (Å²) >= 11 is 0. The summed E-state index contributed by atoms with van der Waals surface area (Å²) in [6.45, 7) is 3.08. The van der Waals surface area contributed by atoms with Crippen molar-refractivity contribution in [3.8, 4) is 0 Å². The van der Waals surface area contributed by atoms with Gasteiger partial charge in [0.1, 0.15) is 23.7 Å². The number of nitrogens with zero attached hydrogens (tertiary/aromatic N) is 4. The number of likely N-dealkylation sites (N-methyl/N-ethyl adjacent to an activating group) is 1. The van der Waals surface area contributed by atoms with E-state index < -0.39 is 0 Å². The van der Waals surface area contributed by atoms with E-state index in [1.165, 1.54) is 18.5 Å². The van der Waals surface area contributed by atoms with Gasteiger partial charge < -0.3 is 15.1 Å². The molecule has 1 aromatic heterocycles. The molecule has 0 aliphatic carbocycles. The Hall–Kier alpha value is -2.54. The summed E-state index contributed by atoms with van der Waals surface area (Å²) in [7, 11) is 2.04. The van der Waals surface area contributed by atoms with Crippen LogP contribution >= 0.6 is 0 Å². The van der Waals surface area contributed by atoms with Crippen molar-refractivity contribution >= 4 is 17.4 Å². The highest BCUT2D eigenvalue weighted by Gasteiger charge is 2.21. The number of hydrogen-bond acceptors (Lipinski definition) is 5. The van der Waals surface area contributed by atoms with Crippen molar-refractivity contribution in [2.75, 3.05) is 38.5 Å². The molecule has 1 aliphatic heterocycles. The van der Waals surface area contributed by atoms with Gasteiger partial charge in [0, 0.05) is 37.9 Å². The van der Waals surface area contributed by atoms with Gasteiger partial charge in [0.05, 0.1) is 0 Å². The molecule has 23 heavy (non-hydrogen) atoms. The third-order valence-corrected chi connectivity index (χ3v) is 3.77. The molecular weight excluding hydrogens is 297 g/mol. The van der Waals surface area contributed by atoms with Crippen molar-refractivity contribution in [2.45, 2.75) is 0 Å². The Morgan fingerprint density at radius 3 is 2.70 bits per heavy atom. The number of anilines is 2. The predicted octanol–water partition coefficient (Wildman–Crippen LogP) is 1.75. The quantitative estimate of drug-likeness (QED) is 0.935. The second-order valence-electron chi connectivity index (χ2n) is 5.52. The lowest BCUT2D eigenvalue weighted by molar-refractivity contribution is 0.0658. The molecule has 0 spiro atoms. The van der Waals surface area contributed by atoms with E-state index in [2.05, 4.69) is 20.2 Å². The van der Waals surface area contributed by atoms with Gasteiger partial charge in [0.25, 0.3) is 5.91 Å². The van der Waals surface area contributed by atoms with Crippen LogP contribution in [0, 0.1) is 5.82 Å². The molecule has 1 fully saturated rings. The van der Waals surface area contributed by atoms with Crippen molar-refractivity contribution in [1.29, 1.82) is 0 Å². The monoisotopic (exact) mass is 315 g/mol. The number of amides is 1. The summed E-state index contributed by atoms with van der Waals surface area (Å²) < 4.78 is 13.2. The fourth-order valence-electron chi connectivity index (χ4n) is 2.43.